The highest BCUT2D eigenvalue weighted by Gasteiger charge is 2.50. The van der Waals surface area contributed by atoms with Gasteiger partial charge in [-0.1, -0.05) is 88.8 Å². The average molecular weight is 591 g/mol. The molecule has 0 saturated heterocycles. The molecule has 0 aromatic heterocycles. The van der Waals surface area contributed by atoms with E-state index in [4.69, 9.17) is 0 Å². The van der Waals surface area contributed by atoms with Crippen LogP contribution in [0.15, 0.2) is 47.6 Å². The van der Waals surface area contributed by atoms with Crippen LogP contribution < -0.4 is 0 Å². The molecule has 0 aromatic rings. The van der Waals surface area contributed by atoms with Crippen molar-refractivity contribution in [1.29, 1.82) is 0 Å². The molecule has 0 spiro atoms. The van der Waals surface area contributed by atoms with Crippen molar-refractivity contribution in [3.05, 3.63) is 47.6 Å². The van der Waals surface area contributed by atoms with Crippen molar-refractivity contribution in [3.8, 4) is 0 Å². The molecule has 0 radical (unpaired) electrons. The van der Waals surface area contributed by atoms with Crippen molar-refractivity contribution >= 4 is 5.78 Å². The number of rotatable bonds is 14. The summed E-state index contributed by atoms with van der Waals surface area (Å²) in [5.41, 5.74) is -0.614. The molecule has 4 aliphatic rings. The summed E-state index contributed by atoms with van der Waals surface area (Å²) < 4.78 is 56.0. The first-order valence-corrected chi connectivity index (χ1v) is 17.1. The molecule has 2 saturated carbocycles. The molecule has 0 heterocycles. The molecule has 0 aliphatic heterocycles. The van der Waals surface area contributed by atoms with Gasteiger partial charge in [-0.05, 0) is 99.0 Å². The number of hydrogen-bond donors (Lipinski definition) is 0. The lowest BCUT2D eigenvalue weighted by molar-refractivity contribution is -0.138. The van der Waals surface area contributed by atoms with Gasteiger partial charge in [-0.2, -0.15) is 0 Å². The number of carbonyl (C=O) groups excluding carboxylic acids is 1. The van der Waals surface area contributed by atoms with Gasteiger partial charge in [0.05, 0.1) is 10.8 Å². The maximum atomic E-state index is 14.3. The van der Waals surface area contributed by atoms with Gasteiger partial charge in [-0.3, -0.25) is 4.79 Å². The number of alkyl halides is 4. The smallest absolute Gasteiger partial charge is 0.239 e. The van der Waals surface area contributed by atoms with Crippen LogP contribution >= 0.6 is 0 Å². The molecule has 1 nitrogen and oxygen atoms in total. The third-order valence-electron chi connectivity index (χ3n) is 11.1. The quantitative estimate of drug-likeness (QED) is 0.184. The molecule has 2 atom stereocenters. The van der Waals surface area contributed by atoms with Crippen molar-refractivity contribution in [3.63, 3.8) is 0 Å². The maximum Gasteiger partial charge on any atom is 0.239 e. The number of allylic oxidation sites excluding steroid dienone is 8. The van der Waals surface area contributed by atoms with Gasteiger partial charge < -0.3 is 0 Å². The molecule has 4 rings (SSSR count). The van der Waals surface area contributed by atoms with Crippen molar-refractivity contribution in [2.75, 3.05) is 0 Å². The minimum absolute atomic E-state index is 0.176. The van der Waals surface area contributed by atoms with E-state index in [9.17, 15) is 22.4 Å². The molecule has 42 heavy (non-hydrogen) atoms. The number of Topliss-reactive ketones (excluding diaryl/α,β-unsaturated/α-hetero) is 1. The van der Waals surface area contributed by atoms with E-state index in [1.807, 2.05) is 24.3 Å². The highest BCUT2D eigenvalue weighted by atomic mass is 19.3. The predicted octanol–water partition coefficient (Wildman–Crippen LogP) is 11.6. The van der Waals surface area contributed by atoms with Gasteiger partial charge in [0.15, 0.2) is 5.78 Å². The minimum Gasteiger partial charge on any atom is -0.298 e. The Morgan fingerprint density at radius 2 is 1.07 bits per heavy atom. The van der Waals surface area contributed by atoms with Crippen LogP contribution in [0.3, 0.4) is 0 Å². The Labute approximate surface area is 252 Å². The lowest BCUT2D eigenvalue weighted by atomic mass is 9.60. The molecule has 0 bridgehead atoms. The summed E-state index contributed by atoms with van der Waals surface area (Å²) >= 11 is 0. The van der Waals surface area contributed by atoms with Gasteiger partial charge in [0.1, 0.15) is 0 Å². The van der Waals surface area contributed by atoms with E-state index in [0.29, 0.717) is 11.8 Å². The van der Waals surface area contributed by atoms with Crippen LogP contribution in [0.25, 0.3) is 0 Å². The summed E-state index contributed by atoms with van der Waals surface area (Å²) in [6.45, 7) is 4.44. The van der Waals surface area contributed by atoms with E-state index in [0.717, 1.165) is 48.7 Å². The first-order valence-electron chi connectivity index (χ1n) is 17.1. The van der Waals surface area contributed by atoms with Crippen molar-refractivity contribution in [2.45, 2.75) is 142 Å². The third kappa shape index (κ3) is 8.29. The Bertz CT molecular complexity index is 915. The van der Waals surface area contributed by atoms with Gasteiger partial charge in [0.2, 0.25) is 12.9 Å². The van der Waals surface area contributed by atoms with E-state index in [1.165, 1.54) is 64.2 Å². The SMILES string of the molecule is CCCCC1CCC(C2=CCC(CC(F)F)(C(=O)C3(CC(F)F)C=CC(C4CCC(CCCC)CC4)=CC3)C=C2)CC1. The summed E-state index contributed by atoms with van der Waals surface area (Å²) in [7, 11) is 0. The van der Waals surface area contributed by atoms with E-state index < -0.39 is 42.3 Å². The van der Waals surface area contributed by atoms with Gasteiger partial charge in [-0.15, -0.1) is 0 Å². The van der Waals surface area contributed by atoms with Crippen LogP contribution in [0.4, 0.5) is 17.6 Å². The van der Waals surface area contributed by atoms with E-state index in [2.05, 4.69) is 13.8 Å². The van der Waals surface area contributed by atoms with Crippen molar-refractivity contribution < 1.29 is 22.4 Å². The lowest BCUT2D eigenvalue weighted by Gasteiger charge is -2.42. The Kier molecular flexibility index (Phi) is 12.2. The minimum atomic E-state index is -2.69. The highest BCUT2D eigenvalue weighted by Crippen LogP contribution is 2.50. The number of halogens is 4. The van der Waals surface area contributed by atoms with Crippen LogP contribution in [0.1, 0.15) is 129 Å². The first-order chi connectivity index (χ1) is 20.2. The van der Waals surface area contributed by atoms with Gasteiger partial charge in [-0.25, -0.2) is 17.6 Å². The third-order valence-corrected chi connectivity index (χ3v) is 11.1. The molecule has 2 fully saturated rings. The van der Waals surface area contributed by atoms with Gasteiger partial charge in [0.25, 0.3) is 0 Å². The second-order valence-corrected chi connectivity index (χ2v) is 14.0. The summed E-state index contributed by atoms with van der Waals surface area (Å²) in [4.78, 5) is 14.3. The molecule has 236 valence electrons. The molecular formula is C37H54F4O. The van der Waals surface area contributed by atoms with Crippen LogP contribution in [-0.2, 0) is 4.79 Å². The summed E-state index contributed by atoms with van der Waals surface area (Å²) in [5.74, 6) is 1.88. The maximum absolute atomic E-state index is 14.3. The number of unbranched alkanes of at least 4 members (excludes halogenated alkanes) is 2. The summed E-state index contributed by atoms with van der Waals surface area (Å²) in [6.07, 6.45) is 21.5. The highest BCUT2D eigenvalue weighted by molar-refractivity contribution is 5.94. The molecule has 0 amide bonds. The molecule has 4 aliphatic carbocycles. The van der Waals surface area contributed by atoms with Crippen LogP contribution in [-0.4, -0.2) is 18.6 Å². The Morgan fingerprint density at radius 1 is 0.690 bits per heavy atom. The fourth-order valence-corrected chi connectivity index (χ4v) is 8.42. The van der Waals surface area contributed by atoms with Crippen molar-refractivity contribution in [2.24, 2.45) is 34.5 Å². The summed E-state index contributed by atoms with van der Waals surface area (Å²) in [6, 6.07) is 0. The van der Waals surface area contributed by atoms with Crippen molar-refractivity contribution in [1.82, 2.24) is 0 Å². The zero-order valence-electron chi connectivity index (χ0n) is 26.1. The Morgan fingerprint density at radius 3 is 1.36 bits per heavy atom. The monoisotopic (exact) mass is 590 g/mol. The summed E-state index contributed by atoms with van der Waals surface area (Å²) in [5, 5.41) is 0. The van der Waals surface area contributed by atoms with E-state index in [1.54, 1.807) is 12.2 Å². The molecule has 0 aromatic carbocycles. The van der Waals surface area contributed by atoms with Crippen LogP contribution in [0.2, 0.25) is 0 Å². The second kappa shape index (κ2) is 15.4. The zero-order chi connectivity index (χ0) is 30.2. The fraction of sp³-hybridized carbons (Fsp3) is 0.757. The van der Waals surface area contributed by atoms with Gasteiger partial charge >= 0.3 is 0 Å². The zero-order valence-corrected chi connectivity index (χ0v) is 26.1. The standard InChI is InChI=1S/C37H54F4O/c1-3-5-7-27-9-13-29(14-10-27)31-17-21-36(22-18-31,25-33(38)39)35(42)37(26-34(40)41)23-19-32(20-24-37)30-15-11-28(12-16-30)8-6-4-2/h17-21,23,27-30,33-34H,3-16,22,24-26H2,1-2H3. The molecule has 5 heteroatoms. The Hall–Kier alpha value is -1.65. The number of hydrogen-bond acceptors (Lipinski definition) is 1. The normalized spacial score (nSPS) is 33.6. The average Bonchev–Trinajstić information content (AvgIpc) is 2.99. The molecule has 0 N–H and O–H groups in total. The molecule has 2 unspecified atom stereocenters. The van der Waals surface area contributed by atoms with Crippen LogP contribution in [0.5, 0.6) is 0 Å². The van der Waals surface area contributed by atoms with Crippen LogP contribution in [0, 0.1) is 34.5 Å². The first kappa shape index (κ1) is 33.2. The van der Waals surface area contributed by atoms with E-state index in [-0.39, 0.29) is 12.8 Å². The Balaban J connectivity index is 1.46. The second-order valence-electron chi connectivity index (χ2n) is 14.0. The predicted molar refractivity (Wildman–Crippen MR) is 165 cm³/mol. The topological polar surface area (TPSA) is 17.1 Å². The van der Waals surface area contributed by atoms with Gasteiger partial charge in [0, 0.05) is 12.8 Å². The molecular weight excluding hydrogens is 536 g/mol. The fourth-order valence-electron chi connectivity index (χ4n) is 8.42. The lowest BCUT2D eigenvalue weighted by Crippen LogP contribution is -2.45. The number of ketones is 1. The number of carbonyl (C=O) groups is 1. The largest absolute Gasteiger partial charge is 0.298 e. The van der Waals surface area contributed by atoms with E-state index >= 15 is 0 Å².